The van der Waals surface area contributed by atoms with Gasteiger partial charge in [-0.15, -0.1) is 0 Å². The molecule has 80 valence electrons. The van der Waals surface area contributed by atoms with Crippen LogP contribution in [0, 0.1) is 0 Å². The van der Waals surface area contributed by atoms with Crippen molar-refractivity contribution in [2.45, 2.75) is 26.4 Å². The van der Waals surface area contributed by atoms with E-state index < -0.39 is 0 Å². The predicted molar refractivity (Wildman–Crippen MR) is 59.3 cm³/mol. The van der Waals surface area contributed by atoms with E-state index in [-0.39, 0.29) is 0 Å². The molecule has 6 heteroatoms. The molecule has 15 heavy (non-hydrogen) atoms. The SMILES string of the molecule is CCCn1ncnc1Cn1cc(Br)cn1. The highest BCUT2D eigenvalue weighted by molar-refractivity contribution is 9.10. The fraction of sp³-hybridized carbons (Fsp3) is 0.444. The monoisotopic (exact) mass is 269 g/mol. The number of hydrogen-bond acceptors (Lipinski definition) is 3. The Hall–Kier alpha value is -1.17. The normalized spacial score (nSPS) is 10.8. The van der Waals surface area contributed by atoms with Crippen molar-refractivity contribution in [3.05, 3.63) is 29.0 Å². The van der Waals surface area contributed by atoms with Crippen LogP contribution < -0.4 is 0 Å². The molecule has 2 rings (SSSR count). The first kappa shape index (κ1) is 10.4. The molecule has 0 saturated heterocycles. The minimum atomic E-state index is 0.658. The van der Waals surface area contributed by atoms with Crippen molar-refractivity contribution >= 4 is 15.9 Å². The Morgan fingerprint density at radius 3 is 2.93 bits per heavy atom. The van der Waals surface area contributed by atoms with Gasteiger partial charge in [0, 0.05) is 12.7 Å². The van der Waals surface area contributed by atoms with Crippen LogP contribution in [-0.4, -0.2) is 24.5 Å². The minimum Gasteiger partial charge on any atom is -0.264 e. The van der Waals surface area contributed by atoms with Crippen LogP contribution in [-0.2, 0) is 13.1 Å². The highest BCUT2D eigenvalue weighted by Crippen LogP contribution is 2.07. The summed E-state index contributed by atoms with van der Waals surface area (Å²) in [6.45, 7) is 3.68. The lowest BCUT2D eigenvalue weighted by Crippen LogP contribution is -2.10. The Labute approximate surface area is 96.2 Å². The summed E-state index contributed by atoms with van der Waals surface area (Å²) in [5, 5.41) is 8.34. The summed E-state index contributed by atoms with van der Waals surface area (Å²) in [5.41, 5.74) is 0. The molecular weight excluding hydrogens is 258 g/mol. The first-order valence-corrected chi connectivity index (χ1v) is 5.63. The van der Waals surface area contributed by atoms with E-state index in [9.17, 15) is 0 Å². The third-order valence-electron chi connectivity index (χ3n) is 2.04. The molecule has 2 heterocycles. The summed E-state index contributed by atoms with van der Waals surface area (Å²) in [4.78, 5) is 4.22. The first-order valence-electron chi connectivity index (χ1n) is 4.84. The quantitative estimate of drug-likeness (QED) is 0.849. The molecule has 0 saturated carbocycles. The minimum absolute atomic E-state index is 0.658. The summed E-state index contributed by atoms with van der Waals surface area (Å²) >= 11 is 3.36. The van der Waals surface area contributed by atoms with Gasteiger partial charge in [-0.25, -0.2) is 9.67 Å². The second-order valence-electron chi connectivity index (χ2n) is 3.26. The van der Waals surface area contributed by atoms with Gasteiger partial charge in [-0.3, -0.25) is 4.68 Å². The van der Waals surface area contributed by atoms with Gasteiger partial charge in [-0.2, -0.15) is 10.2 Å². The maximum atomic E-state index is 4.22. The maximum Gasteiger partial charge on any atom is 0.148 e. The number of nitrogens with zero attached hydrogens (tertiary/aromatic N) is 5. The number of aryl methyl sites for hydroxylation is 1. The van der Waals surface area contributed by atoms with Crippen LogP contribution in [0.25, 0.3) is 0 Å². The second kappa shape index (κ2) is 4.57. The van der Waals surface area contributed by atoms with Crippen LogP contribution in [0.15, 0.2) is 23.2 Å². The molecule has 5 nitrogen and oxygen atoms in total. The summed E-state index contributed by atoms with van der Waals surface area (Å²) in [5.74, 6) is 0.937. The lowest BCUT2D eigenvalue weighted by Gasteiger charge is -2.03. The van der Waals surface area contributed by atoms with Gasteiger partial charge in [-0.05, 0) is 22.4 Å². The third-order valence-corrected chi connectivity index (χ3v) is 2.45. The van der Waals surface area contributed by atoms with Gasteiger partial charge in [0.2, 0.25) is 0 Å². The second-order valence-corrected chi connectivity index (χ2v) is 4.17. The Morgan fingerprint density at radius 2 is 2.27 bits per heavy atom. The van der Waals surface area contributed by atoms with Crippen LogP contribution >= 0.6 is 15.9 Å². The van der Waals surface area contributed by atoms with Crippen molar-refractivity contribution in [3.8, 4) is 0 Å². The molecule has 0 aromatic carbocycles. The molecule has 0 bridgehead atoms. The van der Waals surface area contributed by atoms with Crippen molar-refractivity contribution in [3.63, 3.8) is 0 Å². The third kappa shape index (κ3) is 2.44. The molecule has 0 aliphatic rings. The van der Waals surface area contributed by atoms with Crippen molar-refractivity contribution in [2.24, 2.45) is 0 Å². The Morgan fingerprint density at radius 1 is 1.40 bits per heavy atom. The fourth-order valence-corrected chi connectivity index (χ4v) is 1.71. The average molecular weight is 270 g/mol. The first-order chi connectivity index (χ1) is 7.29. The van der Waals surface area contributed by atoms with Crippen LogP contribution in [0.4, 0.5) is 0 Å². The summed E-state index contributed by atoms with van der Waals surface area (Å²) in [7, 11) is 0. The van der Waals surface area contributed by atoms with Crippen LogP contribution in [0.3, 0.4) is 0 Å². The van der Waals surface area contributed by atoms with Crippen LogP contribution in [0.2, 0.25) is 0 Å². The smallest absolute Gasteiger partial charge is 0.148 e. The van der Waals surface area contributed by atoms with Gasteiger partial charge in [0.15, 0.2) is 0 Å². The maximum absolute atomic E-state index is 4.22. The number of hydrogen-bond donors (Lipinski definition) is 0. The summed E-state index contributed by atoms with van der Waals surface area (Å²) in [6, 6.07) is 0. The Kier molecular flexibility index (Phi) is 3.15. The largest absolute Gasteiger partial charge is 0.264 e. The molecule has 0 aliphatic heterocycles. The van der Waals surface area contributed by atoms with Gasteiger partial charge in [-0.1, -0.05) is 6.92 Å². The molecule has 0 atom stereocenters. The van der Waals surface area contributed by atoms with Crippen LogP contribution in [0.5, 0.6) is 0 Å². The highest BCUT2D eigenvalue weighted by Gasteiger charge is 2.04. The van der Waals surface area contributed by atoms with E-state index in [0.717, 1.165) is 23.3 Å². The summed E-state index contributed by atoms with van der Waals surface area (Å²) in [6.07, 6.45) is 6.33. The Bertz CT molecular complexity index is 433. The molecule has 2 aromatic heterocycles. The summed E-state index contributed by atoms with van der Waals surface area (Å²) < 4.78 is 4.72. The zero-order valence-corrected chi connectivity index (χ0v) is 10.1. The van der Waals surface area contributed by atoms with E-state index in [1.807, 2.05) is 15.6 Å². The number of aromatic nitrogens is 5. The molecule has 2 aromatic rings. The molecule has 0 aliphatic carbocycles. The van der Waals surface area contributed by atoms with Gasteiger partial charge >= 0.3 is 0 Å². The Balaban J connectivity index is 2.13. The molecular formula is C9H12BrN5. The van der Waals surface area contributed by atoms with E-state index in [4.69, 9.17) is 0 Å². The van der Waals surface area contributed by atoms with E-state index >= 15 is 0 Å². The molecule has 0 N–H and O–H groups in total. The van der Waals surface area contributed by atoms with Crippen molar-refractivity contribution < 1.29 is 0 Å². The van der Waals surface area contributed by atoms with E-state index in [1.165, 1.54) is 0 Å². The highest BCUT2D eigenvalue weighted by atomic mass is 79.9. The zero-order chi connectivity index (χ0) is 10.7. The fourth-order valence-electron chi connectivity index (χ4n) is 1.38. The van der Waals surface area contributed by atoms with E-state index in [0.29, 0.717) is 6.54 Å². The molecule has 0 amide bonds. The van der Waals surface area contributed by atoms with Gasteiger partial charge < -0.3 is 0 Å². The molecule has 0 radical (unpaired) electrons. The van der Waals surface area contributed by atoms with Gasteiger partial charge in [0.05, 0.1) is 10.7 Å². The zero-order valence-electron chi connectivity index (χ0n) is 8.47. The number of rotatable bonds is 4. The lowest BCUT2D eigenvalue weighted by atomic mass is 10.5. The van der Waals surface area contributed by atoms with Crippen LogP contribution in [0.1, 0.15) is 19.2 Å². The van der Waals surface area contributed by atoms with Gasteiger partial charge in [0.25, 0.3) is 0 Å². The molecule has 0 fully saturated rings. The van der Waals surface area contributed by atoms with Crippen molar-refractivity contribution in [1.29, 1.82) is 0 Å². The topological polar surface area (TPSA) is 48.5 Å². The number of halogens is 1. The van der Waals surface area contributed by atoms with Crippen molar-refractivity contribution in [1.82, 2.24) is 24.5 Å². The van der Waals surface area contributed by atoms with Gasteiger partial charge in [0.1, 0.15) is 18.7 Å². The van der Waals surface area contributed by atoms with Crippen molar-refractivity contribution in [2.75, 3.05) is 0 Å². The molecule has 0 unspecified atom stereocenters. The predicted octanol–water partition coefficient (Wildman–Crippen LogP) is 1.70. The average Bonchev–Trinajstić information content (AvgIpc) is 2.78. The van der Waals surface area contributed by atoms with E-state index in [2.05, 4.69) is 38.0 Å². The standard InChI is InChI=1S/C9H12BrN5/c1-2-3-15-9(11-7-13-15)6-14-5-8(10)4-12-14/h4-5,7H,2-3,6H2,1H3. The molecule has 0 spiro atoms. The lowest BCUT2D eigenvalue weighted by molar-refractivity contribution is 0.539. The van der Waals surface area contributed by atoms with E-state index in [1.54, 1.807) is 12.5 Å².